The van der Waals surface area contributed by atoms with Gasteiger partial charge in [0, 0.05) is 12.6 Å². The number of rotatable bonds is 7. The highest BCUT2D eigenvalue weighted by molar-refractivity contribution is 6.02. The summed E-state index contributed by atoms with van der Waals surface area (Å²) >= 11 is 0. The first-order valence-corrected chi connectivity index (χ1v) is 8.44. The van der Waals surface area contributed by atoms with E-state index in [9.17, 15) is 9.59 Å². The second-order valence-corrected chi connectivity index (χ2v) is 5.56. The number of anilines is 2. The molecule has 25 heavy (non-hydrogen) atoms. The Morgan fingerprint density at radius 1 is 1.04 bits per heavy atom. The fourth-order valence-electron chi connectivity index (χ4n) is 2.62. The van der Waals surface area contributed by atoms with Crippen LogP contribution in [0.15, 0.2) is 48.5 Å². The van der Waals surface area contributed by atoms with Crippen LogP contribution in [0.5, 0.6) is 5.75 Å². The van der Waals surface area contributed by atoms with Crippen LogP contribution in [-0.2, 0) is 16.0 Å². The Morgan fingerprint density at radius 2 is 1.72 bits per heavy atom. The minimum atomic E-state index is -0.270. The van der Waals surface area contributed by atoms with E-state index < -0.39 is 0 Å². The predicted molar refractivity (Wildman–Crippen MR) is 100 cm³/mol. The smallest absolute Gasteiger partial charge is 0.244 e. The van der Waals surface area contributed by atoms with E-state index >= 15 is 0 Å². The quantitative estimate of drug-likeness (QED) is 0.837. The maximum Gasteiger partial charge on any atom is 0.244 e. The first-order chi connectivity index (χ1) is 12.1. The summed E-state index contributed by atoms with van der Waals surface area (Å²) in [5.74, 6) is 0.170. The number of nitrogens with one attached hydrogen (secondary N) is 1. The largest absolute Gasteiger partial charge is 0.492 e. The van der Waals surface area contributed by atoms with E-state index in [1.54, 1.807) is 12.1 Å². The fraction of sp³-hybridized carbons (Fsp3) is 0.300. The molecule has 0 aliphatic carbocycles. The van der Waals surface area contributed by atoms with Gasteiger partial charge in [-0.3, -0.25) is 9.59 Å². The van der Waals surface area contributed by atoms with Crippen LogP contribution in [0.2, 0.25) is 0 Å². The molecule has 2 aromatic rings. The molecule has 0 aliphatic rings. The van der Waals surface area contributed by atoms with Crippen LogP contribution in [0.3, 0.4) is 0 Å². The third-order valence-electron chi connectivity index (χ3n) is 3.81. The van der Waals surface area contributed by atoms with Crippen molar-refractivity contribution in [3.63, 3.8) is 0 Å². The van der Waals surface area contributed by atoms with Gasteiger partial charge < -0.3 is 15.0 Å². The zero-order chi connectivity index (χ0) is 18.2. The third-order valence-corrected chi connectivity index (χ3v) is 3.81. The number of hydrogen-bond acceptors (Lipinski definition) is 3. The van der Waals surface area contributed by atoms with Gasteiger partial charge in [0.05, 0.1) is 12.3 Å². The van der Waals surface area contributed by atoms with Crippen molar-refractivity contribution in [2.75, 3.05) is 23.4 Å². The summed E-state index contributed by atoms with van der Waals surface area (Å²) in [6.45, 7) is 5.84. The van der Waals surface area contributed by atoms with Crippen LogP contribution in [0.25, 0.3) is 0 Å². The Labute approximate surface area is 148 Å². The first kappa shape index (κ1) is 18.5. The highest BCUT2D eigenvalue weighted by Crippen LogP contribution is 2.24. The number of hydrogen-bond donors (Lipinski definition) is 1. The number of nitrogens with zero attached hydrogens (tertiary/aromatic N) is 1. The normalized spacial score (nSPS) is 10.2. The average Bonchev–Trinajstić information content (AvgIpc) is 2.61. The maximum atomic E-state index is 12.5. The molecule has 0 radical (unpaired) electrons. The van der Waals surface area contributed by atoms with Crippen molar-refractivity contribution in [3.8, 4) is 5.75 Å². The van der Waals surface area contributed by atoms with Crippen molar-refractivity contribution in [1.82, 2.24) is 0 Å². The van der Waals surface area contributed by atoms with Crippen molar-refractivity contribution in [2.24, 2.45) is 0 Å². The molecule has 0 heterocycles. The number of ether oxygens (including phenoxy) is 1. The first-order valence-electron chi connectivity index (χ1n) is 8.44. The van der Waals surface area contributed by atoms with Crippen LogP contribution in [0.1, 0.15) is 26.3 Å². The fourth-order valence-corrected chi connectivity index (χ4v) is 2.62. The second kappa shape index (κ2) is 8.87. The molecule has 5 nitrogen and oxygen atoms in total. The summed E-state index contributed by atoms with van der Waals surface area (Å²) in [5, 5.41) is 2.83. The van der Waals surface area contributed by atoms with Gasteiger partial charge in [0.2, 0.25) is 11.8 Å². The Bertz CT molecular complexity index is 743. The van der Waals surface area contributed by atoms with Crippen LogP contribution < -0.4 is 15.0 Å². The Hall–Kier alpha value is -2.82. The molecule has 0 spiro atoms. The summed E-state index contributed by atoms with van der Waals surface area (Å²) < 4.78 is 5.52. The van der Waals surface area contributed by atoms with Gasteiger partial charge in [0.25, 0.3) is 0 Å². The lowest BCUT2D eigenvalue weighted by Crippen LogP contribution is -2.37. The molecule has 5 heteroatoms. The van der Waals surface area contributed by atoms with Gasteiger partial charge in [-0.2, -0.15) is 0 Å². The van der Waals surface area contributed by atoms with E-state index in [2.05, 4.69) is 5.32 Å². The molecule has 2 aromatic carbocycles. The Morgan fingerprint density at radius 3 is 2.40 bits per heavy atom. The summed E-state index contributed by atoms with van der Waals surface area (Å²) in [6, 6.07) is 14.9. The van der Waals surface area contributed by atoms with Crippen LogP contribution in [-0.4, -0.2) is 25.0 Å². The monoisotopic (exact) mass is 340 g/mol. The van der Waals surface area contributed by atoms with Crippen LogP contribution in [0.4, 0.5) is 11.4 Å². The molecule has 0 atom stereocenters. The number of aryl methyl sites for hydroxylation is 1. The van der Waals surface area contributed by atoms with E-state index in [1.807, 2.05) is 50.2 Å². The zero-order valence-corrected chi connectivity index (χ0v) is 14.9. The van der Waals surface area contributed by atoms with Crippen molar-refractivity contribution >= 4 is 23.2 Å². The van der Waals surface area contributed by atoms with E-state index in [1.165, 1.54) is 11.8 Å². The second-order valence-electron chi connectivity index (χ2n) is 5.56. The highest BCUT2D eigenvalue weighted by Gasteiger charge is 2.18. The van der Waals surface area contributed by atoms with Crippen LogP contribution in [0, 0.1) is 0 Å². The molecule has 0 unspecified atom stereocenters. The molecule has 0 saturated heterocycles. The molecule has 0 fully saturated rings. The molecular formula is C20H24N2O3. The Kier molecular flexibility index (Phi) is 6.57. The van der Waals surface area contributed by atoms with Gasteiger partial charge in [0.1, 0.15) is 12.3 Å². The van der Waals surface area contributed by atoms with Gasteiger partial charge in [-0.05, 0) is 37.1 Å². The van der Waals surface area contributed by atoms with Crippen LogP contribution >= 0.6 is 0 Å². The lowest BCUT2D eigenvalue weighted by atomic mass is 10.1. The van der Waals surface area contributed by atoms with E-state index in [0.717, 1.165) is 17.7 Å². The molecule has 0 aliphatic heterocycles. The molecule has 132 valence electrons. The lowest BCUT2D eigenvalue weighted by Gasteiger charge is -2.23. The van der Waals surface area contributed by atoms with Crippen molar-refractivity contribution in [1.29, 1.82) is 0 Å². The van der Waals surface area contributed by atoms with Gasteiger partial charge >= 0.3 is 0 Å². The van der Waals surface area contributed by atoms with Gasteiger partial charge in [-0.25, -0.2) is 0 Å². The third kappa shape index (κ3) is 4.83. The highest BCUT2D eigenvalue weighted by atomic mass is 16.5. The average molecular weight is 340 g/mol. The number of benzene rings is 2. The van der Waals surface area contributed by atoms with E-state index in [0.29, 0.717) is 18.0 Å². The molecule has 2 amide bonds. The Balaban J connectivity index is 2.18. The zero-order valence-electron chi connectivity index (χ0n) is 14.9. The van der Waals surface area contributed by atoms with Gasteiger partial charge in [-0.1, -0.05) is 37.3 Å². The minimum absolute atomic E-state index is 0.0488. The van der Waals surface area contributed by atoms with Crippen molar-refractivity contribution < 1.29 is 14.3 Å². The summed E-state index contributed by atoms with van der Waals surface area (Å²) in [5.41, 5.74) is 2.40. The maximum absolute atomic E-state index is 12.5. The molecule has 0 bridgehead atoms. The summed E-state index contributed by atoms with van der Waals surface area (Å²) in [7, 11) is 0. The minimum Gasteiger partial charge on any atom is -0.492 e. The topological polar surface area (TPSA) is 58.6 Å². The number of carbonyl (C=O) groups is 2. The molecule has 1 N–H and O–H groups in total. The van der Waals surface area contributed by atoms with Gasteiger partial charge in [0.15, 0.2) is 0 Å². The number of carbonyl (C=O) groups excluding carboxylic acids is 2. The number of para-hydroxylation sites is 3. The molecule has 2 rings (SSSR count). The van der Waals surface area contributed by atoms with E-state index in [4.69, 9.17) is 4.74 Å². The summed E-state index contributed by atoms with van der Waals surface area (Å²) in [4.78, 5) is 26.1. The SMILES string of the molecule is CCOc1ccccc1NC(=O)CN(C(C)=O)c1ccccc1CC. The molecule has 0 aromatic heterocycles. The predicted octanol–water partition coefficient (Wildman–Crippen LogP) is 3.64. The standard InChI is InChI=1S/C20H24N2O3/c1-4-16-10-6-8-12-18(16)22(15(3)23)14-20(24)21-17-11-7-9-13-19(17)25-5-2/h6-13H,4-5,14H2,1-3H3,(H,21,24). The van der Waals surface area contributed by atoms with Crippen molar-refractivity contribution in [2.45, 2.75) is 27.2 Å². The number of amides is 2. The van der Waals surface area contributed by atoms with Gasteiger partial charge in [-0.15, -0.1) is 0 Å². The van der Waals surface area contributed by atoms with Crippen molar-refractivity contribution in [3.05, 3.63) is 54.1 Å². The molecule has 0 saturated carbocycles. The van der Waals surface area contributed by atoms with E-state index in [-0.39, 0.29) is 18.4 Å². The summed E-state index contributed by atoms with van der Waals surface area (Å²) in [6.07, 6.45) is 0.786. The molecular weight excluding hydrogens is 316 g/mol. The lowest BCUT2D eigenvalue weighted by molar-refractivity contribution is -0.120.